The van der Waals surface area contributed by atoms with Gasteiger partial charge in [-0.3, -0.25) is 0 Å². The fourth-order valence-electron chi connectivity index (χ4n) is 0.670. The molecule has 0 amide bonds. The molecule has 0 aliphatic heterocycles. The van der Waals surface area contributed by atoms with E-state index in [4.69, 9.17) is 0 Å². The molecule has 0 spiro atoms. The molecule has 0 radical (unpaired) electrons. The highest BCUT2D eigenvalue weighted by atomic mass is 32.2. The zero-order valence-electron chi connectivity index (χ0n) is 8.30. The predicted octanol–water partition coefficient (Wildman–Crippen LogP) is -0.499. The van der Waals surface area contributed by atoms with Crippen LogP contribution in [0.15, 0.2) is 24.0 Å². The summed E-state index contributed by atoms with van der Waals surface area (Å²) >= 11 is 0. The molecule has 0 aliphatic carbocycles. The van der Waals surface area contributed by atoms with Gasteiger partial charge in [0.05, 0.1) is 0 Å². The van der Waals surface area contributed by atoms with Crippen molar-refractivity contribution in [3.05, 3.63) is 24.0 Å². The lowest BCUT2D eigenvalue weighted by Crippen LogP contribution is -2.40. The lowest BCUT2D eigenvalue weighted by molar-refractivity contribution is 0.554. The highest BCUT2D eigenvalue weighted by molar-refractivity contribution is 7.92. The van der Waals surface area contributed by atoms with Crippen LogP contribution in [-0.4, -0.2) is 29.4 Å². The molecule has 0 aromatic rings. The van der Waals surface area contributed by atoms with E-state index in [0.717, 1.165) is 10.8 Å². The van der Waals surface area contributed by atoms with Crippen molar-refractivity contribution >= 4 is 20.0 Å². The van der Waals surface area contributed by atoms with Gasteiger partial charge < -0.3 is 0 Å². The van der Waals surface area contributed by atoms with E-state index in [-0.39, 0.29) is 6.54 Å². The van der Waals surface area contributed by atoms with Crippen LogP contribution in [0, 0.1) is 0 Å². The third-order valence-electron chi connectivity index (χ3n) is 1.39. The first-order chi connectivity index (χ1) is 6.72. The van der Waals surface area contributed by atoms with Gasteiger partial charge in [-0.15, -0.1) is 0 Å². The van der Waals surface area contributed by atoms with Crippen LogP contribution in [0.25, 0.3) is 0 Å². The molecule has 0 saturated carbocycles. The molecule has 0 fully saturated rings. The molecule has 8 heteroatoms. The molecule has 0 aliphatic rings. The van der Waals surface area contributed by atoms with Gasteiger partial charge in [-0.05, 0) is 6.92 Å². The Morgan fingerprint density at radius 2 is 1.60 bits per heavy atom. The van der Waals surface area contributed by atoms with E-state index in [2.05, 4.69) is 22.6 Å². The Kier molecular flexibility index (Phi) is 5.15. The van der Waals surface area contributed by atoms with Crippen molar-refractivity contribution in [3.8, 4) is 0 Å². The molecule has 0 heterocycles. The SMILES string of the molecule is C=CS(=O)(=O)NCC(C)NS(=O)(=O)C=C. The van der Waals surface area contributed by atoms with Crippen molar-refractivity contribution in [1.29, 1.82) is 0 Å². The summed E-state index contributed by atoms with van der Waals surface area (Å²) in [5.41, 5.74) is 0. The van der Waals surface area contributed by atoms with Gasteiger partial charge >= 0.3 is 0 Å². The van der Waals surface area contributed by atoms with Crippen molar-refractivity contribution < 1.29 is 16.8 Å². The van der Waals surface area contributed by atoms with Crippen LogP contribution in [0.1, 0.15) is 6.92 Å². The first-order valence-corrected chi connectivity index (χ1v) is 7.08. The van der Waals surface area contributed by atoms with Crippen LogP contribution < -0.4 is 9.44 Å². The summed E-state index contributed by atoms with van der Waals surface area (Å²) in [5.74, 6) is 0. The molecule has 88 valence electrons. The van der Waals surface area contributed by atoms with Gasteiger partial charge in [0.25, 0.3) is 0 Å². The van der Waals surface area contributed by atoms with Gasteiger partial charge in [0.15, 0.2) is 0 Å². The third-order valence-corrected chi connectivity index (χ3v) is 3.57. The Labute approximate surface area is 90.2 Å². The second-order valence-corrected chi connectivity index (χ2v) is 6.16. The fourth-order valence-corrected chi connectivity index (χ4v) is 2.01. The Balaban J connectivity index is 4.24. The van der Waals surface area contributed by atoms with Gasteiger partial charge in [0, 0.05) is 23.4 Å². The Bertz CT molecular complexity index is 424. The van der Waals surface area contributed by atoms with Crippen LogP contribution in [-0.2, 0) is 20.0 Å². The third kappa shape index (κ3) is 6.39. The number of hydrogen-bond donors (Lipinski definition) is 2. The van der Waals surface area contributed by atoms with E-state index in [1.54, 1.807) is 0 Å². The standard InChI is InChI=1S/C7H14N2O4S2/c1-4-14(10,11)8-6-7(3)9-15(12,13)5-2/h4-5,7-9H,1-2,6H2,3H3. The van der Waals surface area contributed by atoms with E-state index < -0.39 is 26.1 Å². The van der Waals surface area contributed by atoms with Crippen molar-refractivity contribution in [2.45, 2.75) is 13.0 Å². The summed E-state index contributed by atoms with van der Waals surface area (Å²) in [7, 11) is -7.06. The second-order valence-electron chi connectivity index (χ2n) is 2.79. The molecular weight excluding hydrogens is 240 g/mol. The number of hydrogen-bond acceptors (Lipinski definition) is 4. The molecule has 0 rings (SSSR count). The Morgan fingerprint density at radius 3 is 2.00 bits per heavy atom. The molecule has 6 nitrogen and oxygen atoms in total. The van der Waals surface area contributed by atoms with Crippen LogP contribution in [0.2, 0.25) is 0 Å². The minimum Gasteiger partial charge on any atom is -0.210 e. The Hall–Kier alpha value is -0.700. The van der Waals surface area contributed by atoms with Crippen molar-refractivity contribution in [2.75, 3.05) is 6.54 Å². The average Bonchev–Trinajstić information content (AvgIpc) is 2.15. The van der Waals surface area contributed by atoms with Crippen LogP contribution in [0.5, 0.6) is 0 Å². The monoisotopic (exact) mass is 254 g/mol. The molecule has 0 aromatic carbocycles. The molecule has 1 atom stereocenters. The lowest BCUT2D eigenvalue weighted by atomic mass is 10.4. The van der Waals surface area contributed by atoms with Gasteiger partial charge in [0.2, 0.25) is 20.0 Å². The zero-order chi connectivity index (χ0) is 12.1. The summed E-state index contributed by atoms with van der Waals surface area (Å²) in [4.78, 5) is 0. The fraction of sp³-hybridized carbons (Fsp3) is 0.429. The van der Waals surface area contributed by atoms with Gasteiger partial charge in [-0.1, -0.05) is 13.2 Å². The zero-order valence-corrected chi connectivity index (χ0v) is 9.94. The summed E-state index contributed by atoms with van der Waals surface area (Å²) < 4.78 is 48.1. The summed E-state index contributed by atoms with van der Waals surface area (Å²) in [6.45, 7) is 7.67. The quantitative estimate of drug-likeness (QED) is 0.640. The molecule has 0 aromatic heterocycles. The first-order valence-electron chi connectivity index (χ1n) is 3.99. The Morgan fingerprint density at radius 1 is 1.13 bits per heavy atom. The molecule has 1 unspecified atom stereocenters. The maximum Gasteiger partial charge on any atom is 0.233 e. The molecule has 15 heavy (non-hydrogen) atoms. The normalized spacial score (nSPS) is 14.5. The smallest absolute Gasteiger partial charge is 0.210 e. The topological polar surface area (TPSA) is 92.3 Å². The van der Waals surface area contributed by atoms with Crippen LogP contribution in [0.4, 0.5) is 0 Å². The summed E-state index contributed by atoms with van der Waals surface area (Å²) in [5, 5.41) is 1.51. The predicted molar refractivity (Wildman–Crippen MR) is 58.8 cm³/mol. The molecule has 0 bridgehead atoms. The summed E-state index contributed by atoms with van der Waals surface area (Å²) in [6, 6.07) is -0.567. The van der Waals surface area contributed by atoms with E-state index in [9.17, 15) is 16.8 Å². The summed E-state index contributed by atoms with van der Waals surface area (Å²) in [6.07, 6.45) is 0. The highest BCUT2D eigenvalue weighted by Crippen LogP contribution is 1.90. The van der Waals surface area contributed by atoms with E-state index >= 15 is 0 Å². The number of nitrogens with one attached hydrogen (secondary N) is 2. The molecule has 2 N–H and O–H groups in total. The van der Waals surface area contributed by atoms with Crippen molar-refractivity contribution in [2.24, 2.45) is 0 Å². The maximum atomic E-state index is 11.0. The maximum absolute atomic E-state index is 11.0. The number of rotatable bonds is 7. The van der Waals surface area contributed by atoms with E-state index in [1.165, 1.54) is 6.92 Å². The lowest BCUT2D eigenvalue weighted by Gasteiger charge is -2.12. The minimum atomic E-state index is -3.54. The van der Waals surface area contributed by atoms with Gasteiger partial charge in [-0.2, -0.15) is 0 Å². The minimum absolute atomic E-state index is 0.0541. The van der Waals surface area contributed by atoms with Crippen LogP contribution in [0.3, 0.4) is 0 Å². The van der Waals surface area contributed by atoms with E-state index in [0.29, 0.717) is 0 Å². The van der Waals surface area contributed by atoms with Crippen molar-refractivity contribution in [1.82, 2.24) is 9.44 Å². The second kappa shape index (κ2) is 5.40. The average molecular weight is 254 g/mol. The van der Waals surface area contributed by atoms with Gasteiger partial charge in [0.1, 0.15) is 0 Å². The highest BCUT2D eigenvalue weighted by Gasteiger charge is 2.12. The molecular formula is C7H14N2O4S2. The van der Waals surface area contributed by atoms with E-state index in [1.807, 2.05) is 0 Å². The number of sulfonamides is 2. The molecule has 0 saturated heterocycles. The first kappa shape index (κ1) is 14.3. The van der Waals surface area contributed by atoms with Crippen molar-refractivity contribution in [3.63, 3.8) is 0 Å². The van der Waals surface area contributed by atoms with Crippen LogP contribution >= 0.6 is 0 Å². The van der Waals surface area contributed by atoms with Gasteiger partial charge in [-0.25, -0.2) is 26.3 Å². The largest absolute Gasteiger partial charge is 0.233 e.